The summed E-state index contributed by atoms with van der Waals surface area (Å²) in [7, 11) is 0. The zero-order valence-corrected chi connectivity index (χ0v) is 18.3. The van der Waals surface area contributed by atoms with Gasteiger partial charge in [-0.15, -0.1) is 0 Å². The molecule has 3 aliphatic rings. The summed E-state index contributed by atoms with van der Waals surface area (Å²) in [6, 6.07) is 0. The number of aliphatic hydroxyl groups is 1. The van der Waals surface area contributed by atoms with Crippen molar-refractivity contribution in [3.05, 3.63) is 24.3 Å². The van der Waals surface area contributed by atoms with Crippen LogP contribution < -0.4 is 0 Å². The van der Waals surface area contributed by atoms with Gasteiger partial charge in [-0.3, -0.25) is 9.59 Å². The van der Waals surface area contributed by atoms with Gasteiger partial charge >= 0.3 is 5.97 Å². The first-order valence-electron chi connectivity index (χ1n) is 11.1. The number of carbonyl (C=O) groups is 2. The van der Waals surface area contributed by atoms with Crippen molar-refractivity contribution in [3.63, 3.8) is 0 Å². The fourth-order valence-corrected chi connectivity index (χ4v) is 5.71. The number of aliphatic hydroxyl groups excluding tert-OH is 1. The van der Waals surface area contributed by atoms with Crippen molar-refractivity contribution in [1.29, 1.82) is 0 Å². The minimum absolute atomic E-state index is 0.0667. The smallest absolute Gasteiger partial charge is 0.306 e. The Balaban J connectivity index is 2.08. The maximum Gasteiger partial charge on any atom is 0.306 e. The van der Waals surface area contributed by atoms with Gasteiger partial charge in [-0.1, -0.05) is 39.5 Å². The molecule has 5 heteroatoms. The minimum atomic E-state index is -1.06. The molecular formula is C24H36O5. The summed E-state index contributed by atoms with van der Waals surface area (Å²) in [5, 5.41) is 11.0. The molecule has 3 rings (SSSR count). The van der Waals surface area contributed by atoms with Crippen LogP contribution in [0.3, 0.4) is 0 Å². The summed E-state index contributed by atoms with van der Waals surface area (Å²) in [5.74, 6) is 0.380. The highest BCUT2D eigenvalue weighted by molar-refractivity contribution is 5.95. The molecule has 2 aliphatic heterocycles. The molecule has 2 bridgehead atoms. The zero-order chi connectivity index (χ0) is 21.5. The molecule has 0 amide bonds. The summed E-state index contributed by atoms with van der Waals surface area (Å²) in [5.41, 5.74) is 0.328. The number of carbonyl (C=O) groups excluding carboxylic acids is 2. The van der Waals surface area contributed by atoms with Crippen molar-refractivity contribution in [1.82, 2.24) is 0 Å². The van der Waals surface area contributed by atoms with Gasteiger partial charge in [0.15, 0.2) is 5.78 Å². The number of rotatable bonds is 4. The molecule has 1 saturated carbocycles. The first kappa shape index (κ1) is 22.2. The van der Waals surface area contributed by atoms with Crippen molar-refractivity contribution in [2.24, 2.45) is 23.7 Å². The Morgan fingerprint density at radius 1 is 1.34 bits per heavy atom. The van der Waals surface area contributed by atoms with Gasteiger partial charge in [0, 0.05) is 30.3 Å². The summed E-state index contributed by atoms with van der Waals surface area (Å²) >= 11 is 0. The van der Waals surface area contributed by atoms with Gasteiger partial charge in [0.05, 0.1) is 6.10 Å². The molecule has 162 valence electrons. The average molecular weight is 405 g/mol. The van der Waals surface area contributed by atoms with E-state index in [9.17, 15) is 14.7 Å². The van der Waals surface area contributed by atoms with E-state index in [4.69, 9.17) is 9.47 Å². The van der Waals surface area contributed by atoms with Crippen molar-refractivity contribution < 1.29 is 24.2 Å². The summed E-state index contributed by atoms with van der Waals surface area (Å²) in [6.45, 7) is 16.4. The second-order valence-electron chi connectivity index (χ2n) is 9.66. The lowest BCUT2D eigenvalue weighted by Crippen LogP contribution is -2.51. The lowest BCUT2D eigenvalue weighted by atomic mass is 9.61. The SMILES string of the molecule is C=C1C(=O)CCC(C)(OC(=O)CCC)C2OC(C1O)C1C(=C)CCC(C(C)C)C12. The van der Waals surface area contributed by atoms with Crippen LogP contribution in [0.25, 0.3) is 0 Å². The Bertz CT molecular complexity index is 695. The number of Topliss-reactive ketones (excluding diaryl/α,β-unsaturated/α-hetero) is 1. The molecule has 2 saturated heterocycles. The van der Waals surface area contributed by atoms with Crippen molar-refractivity contribution in [3.8, 4) is 0 Å². The number of hydrogen-bond donors (Lipinski definition) is 1. The van der Waals surface area contributed by atoms with Gasteiger partial charge in [-0.2, -0.15) is 0 Å². The number of ketones is 1. The third-order valence-corrected chi connectivity index (χ3v) is 7.32. The van der Waals surface area contributed by atoms with Gasteiger partial charge in [-0.25, -0.2) is 0 Å². The van der Waals surface area contributed by atoms with E-state index >= 15 is 0 Å². The van der Waals surface area contributed by atoms with Crippen LogP contribution in [0.2, 0.25) is 0 Å². The molecule has 29 heavy (non-hydrogen) atoms. The van der Waals surface area contributed by atoms with E-state index in [1.165, 1.54) is 0 Å². The Hall–Kier alpha value is -1.46. The molecule has 2 heterocycles. The Morgan fingerprint density at radius 3 is 2.66 bits per heavy atom. The first-order valence-corrected chi connectivity index (χ1v) is 11.1. The van der Waals surface area contributed by atoms with Gasteiger partial charge in [0.25, 0.3) is 0 Å². The van der Waals surface area contributed by atoms with E-state index in [0.717, 1.165) is 18.4 Å². The number of fused-ring (bicyclic) bond motifs is 5. The van der Waals surface area contributed by atoms with Crippen LogP contribution in [0.15, 0.2) is 24.3 Å². The van der Waals surface area contributed by atoms with Crippen molar-refractivity contribution in [2.45, 2.75) is 90.1 Å². The molecule has 3 fully saturated rings. The predicted molar refractivity (Wildman–Crippen MR) is 111 cm³/mol. The maximum absolute atomic E-state index is 12.6. The first-order chi connectivity index (χ1) is 13.6. The quantitative estimate of drug-likeness (QED) is 0.436. The maximum atomic E-state index is 12.6. The van der Waals surface area contributed by atoms with Crippen LogP contribution in [0.4, 0.5) is 0 Å². The Labute approximate surface area is 174 Å². The predicted octanol–water partition coefficient (Wildman–Crippen LogP) is 3.99. The zero-order valence-electron chi connectivity index (χ0n) is 18.3. The van der Waals surface area contributed by atoms with E-state index < -0.39 is 17.8 Å². The summed E-state index contributed by atoms with van der Waals surface area (Å²) < 4.78 is 12.5. The molecule has 7 atom stereocenters. The molecule has 0 aromatic rings. The molecule has 0 aromatic carbocycles. The molecule has 5 nitrogen and oxygen atoms in total. The third-order valence-electron chi connectivity index (χ3n) is 7.32. The molecule has 0 radical (unpaired) electrons. The average Bonchev–Trinajstić information content (AvgIpc) is 3.07. The lowest BCUT2D eigenvalue weighted by Gasteiger charge is -2.45. The van der Waals surface area contributed by atoms with Gasteiger partial charge in [-0.05, 0) is 44.4 Å². The van der Waals surface area contributed by atoms with Crippen LogP contribution in [-0.2, 0) is 19.1 Å². The number of ether oxygens (including phenoxy) is 2. The fraction of sp³-hybridized carbons (Fsp3) is 0.750. The second kappa shape index (κ2) is 8.35. The van der Waals surface area contributed by atoms with Crippen LogP contribution in [0.1, 0.15) is 66.2 Å². The van der Waals surface area contributed by atoms with E-state index in [-0.39, 0.29) is 41.7 Å². The lowest BCUT2D eigenvalue weighted by molar-refractivity contribution is -0.183. The molecule has 0 spiro atoms. The number of hydrogen-bond acceptors (Lipinski definition) is 5. The number of esters is 1. The highest BCUT2D eigenvalue weighted by Crippen LogP contribution is 2.55. The van der Waals surface area contributed by atoms with E-state index in [1.807, 2.05) is 13.8 Å². The Morgan fingerprint density at radius 2 is 2.03 bits per heavy atom. The summed E-state index contributed by atoms with van der Waals surface area (Å²) in [6.07, 6.45) is 1.48. The van der Waals surface area contributed by atoms with E-state index in [1.54, 1.807) is 0 Å². The molecule has 0 aromatic heterocycles. The van der Waals surface area contributed by atoms with Crippen LogP contribution in [-0.4, -0.2) is 40.8 Å². The molecule has 1 N–H and O–H groups in total. The van der Waals surface area contributed by atoms with Crippen molar-refractivity contribution >= 4 is 11.8 Å². The standard InChI is InChI=1S/C24H36O5/c1-7-8-18(26)29-24(6)12-11-17(25)15(5)21(27)22-19-14(4)9-10-16(13(2)3)20(19)23(24)28-22/h13,16,19-23,27H,4-5,7-12H2,1-3,6H3. The highest BCUT2D eigenvalue weighted by Gasteiger charge is 2.60. The topological polar surface area (TPSA) is 72.8 Å². The van der Waals surface area contributed by atoms with Crippen LogP contribution in [0, 0.1) is 23.7 Å². The normalized spacial score (nSPS) is 40.3. The van der Waals surface area contributed by atoms with Gasteiger partial charge in [0.1, 0.15) is 17.8 Å². The molecular weight excluding hydrogens is 368 g/mol. The molecule has 7 unspecified atom stereocenters. The van der Waals surface area contributed by atoms with Crippen LogP contribution >= 0.6 is 0 Å². The van der Waals surface area contributed by atoms with Crippen LogP contribution in [0.5, 0.6) is 0 Å². The van der Waals surface area contributed by atoms with E-state index in [2.05, 4.69) is 27.0 Å². The van der Waals surface area contributed by atoms with E-state index in [0.29, 0.717) is 31.1 Å². The van der Waals surface area contributed by atoms with Gasteiger partial charge in [0.2, 0.25) is 0 Å². The molecule has 1 aliphatic carbocycles. The third kappa shape index (κ3) is 3.96. The monoisotopic (exact) mass is 404 g/mol. The van der Waals surface area contributed by atoms with Gasteiger partial charge < -0.3 is 14.6 Å². The minimum Gasteiger partial charge on any atom is -0.457 e. The fourth-order valence-electron chi connectivity index (χ4n) is 5.71. The Kier molecular flexibility index (Phi) is 6.40. The highest BCUT2D eigenvalue weighted by atomic mass is 16.6. The largest absolute Gasteiger partial charge is 0.457 e. The van der Waals surface area contributed by atoms with Crippen molar-refractivity contribution in [2.75, 3.05) is 0 Å². The second-order valence-corrected chi connectivity index (χ2v) is 9.66. The summed E-state index contributed by atoms with van der Waals surface area (Å²) in [4.78, 5) is 25.1.